The minimum atomic E-state index is -1.06. The van der Waals surface area contributed by atoms with Crippen LogP contribution in [0.1, 0.15) is 100 Å². The molecular weight excluding hydrogens is 424 g/mol. The molecule has 0 heterocycles. The summed E-state index contributed by atoms with van der Waals surface area (Å²) in [5.41, 5.74) is 1.40. The van der Waals surface area contributed by atoms with E-state index in [1.165, 1.54) is 17.6 Å². The molecule has 0 spiro atoms. The van der Waals surface area contributed by atoms with Gasteiger partial charge in [0.15, 0.2) is 0 Å². The van der Waals surface area contributed by atoms with E-state index in [0.717, 1.165) is 25.7 Å². The molecule has 4 nitrogen and oxygen atoms in total. The van der Waals surface area contributed by atoms with E-state index < -0.39 is 23.9 Å². The Hall–Kier alpha value is -0.680. The summed E-state index contributed by atoms with van der Waals surface area (Å²) in [5, 5.41) is 42.7. The molecule has 4 heteroatoms. The van der Waals surface area contributed by atoms with Crippen molar-refractivity contribution in [2.75, 3.05) is 0 Å². The molecule has 0 aliphatic heterocycles. The Bertz CT molecular complexity index is 866. The Balaban J connectivity index is 1.64. The molecule has 9 atom stereocenters. The fraction of sp³-hybridized carbons (Fsp3) is 0.867. The second-order valence-corrected chi connectivity index (χ2v) is 14.2. The summed E-state index contributed by atoms with van der Waals surface area (Å²) in [6.45, 7) is 17.3. The fourth-order valence-corrected chi connectivity index (χ4v) is 8.88. The van der Waals surface area contributed by atoms with Gasteiger partial charge in [-0.1, -0.05) is 53.7 Å². The van der Waals surface area contributed by atoms with E-state index >= 15 is 0 Å². The second-order valence-electron chi connectivity index (χ2n) is 14.2. The maximum absolute atomic E-state index is 11.3. The maximum atomic E-state index is 11.3. The highest BCUT2D eigenvalue weighted by molar-refractivity contribution is 5.50. The summed E-state index contributed by atoms with van der Waals surface area (Å²) in [5.74, 6) is 1.26. The van der Waals surface area contributed by atoms with Crippen LogP contribution in [0.5, 0.6) is 0 Å². The minimum Gasteiger partial charge on any atom is -0.392 e. The number of hydrogen-bond donors (Lipinski definition) is 4. The smallest absolute Gasteiger partial charge is 0.0849 e. The minimum absolute atomic E-state index is 0.0682. The summed E-state index contributed by atoms with van der Waals surface area (Å²) >= 11 is 0. The molecule has 194 valence electrons. The number of aliphatic hydroxyl groups is 4. The summed E-state index contributed by atoms with van der Waals surface area (Å²) in [6.07, 6.45) is 9.46. The van der Waals surface area contributed by atoms with Crippen molar-refractivity contribution in [3.63, 3.8) is 0 Å². The second kappa shape index (κ2) is 8.16. The predicted octanol–water partition coefficient (Wildman–Crippen LogP) is 5.39. The van der Waals surface area contributed by atoms with Gasteiger partial charge in [-0.25, -0.2) is 0 Å². The van der Waals surface area contributed by atoms with Gasteiger partial charge >= 0.3 is 0 Å². The average Bonchev–Trinajstić information content (AvgIpc) is 3.01. The first-order valence-corrected chi connectivity index (χ1v) is 13.7. The van der Waals surface area contributed by atoms with Gasteiger partial charge < -0.3 is 20.4 Å². The summed E-state index contributed by atoms with van der Waals surface area (Å²) in [4.78, 5) is 0. The van der Waals surface area contributed by atoms with Crippen LogP contribution < -0.4 is 0 Å². The highest BCUT2D eigenvalue weighted by atomic mass is 16.3. The molecule has 0 radical (unpaired) electrons. The van der Waals surface area contributed by atoms with Gasteiger partial charge in [-0.15, -0.1) is 0 Å². The lowest BCUT2D eigenvalue weighted by Crippen LogP contribution is -2.60. The average molecular weight is 475 g/mol. The van der Waals surface area contributed by atoms with Gasteiger partial charge in [0.25, 0.3) is 0 Å². The molecule has 2 fully saturated rings. The first-order valence-electron chi connectivity index (χ1n) is 13.7. The van der Waals surface area contributed by atoms with Crippen molar-refractivity contribution < 1.29 is 20.4 Å². The molecule has 0 amide bonds. The molecule has 9 unspecified atom stereocenters. The van der Waals surface area contributed by atoms with Crippen LogP contribution in [0.3, 0.4) is 0 Å². The third-order valence-corrected chi connectivity index (χ3v) is 11.8. The van der Waals surface area contributed by atoms with Gasteiger partial charge in [0.2, 0.25) is 0 Å². The third kappa shape index (κ3) is 3.53. The lowest BCUT2D eigenvalue weighted by molar-refractivity contribution is -0.146. The van der Waals surface area contributed by atoms with Gasteiger partial charge in [-0.05, 0) is 97.5 Å². The molecule has 4 aliphatic rings. The van der Waals surface area contributed by atoms with Gasteiger partial charge in [0.05, 0.1) is 23.9 Å². The zero-order valence-corrected chi connectivity index (χ0v) is 22.9. The van der Waals surface area contributed by atoms with E-state index in [0.29, 0.717) is 24.7 Å². The molecule has 0 aromatic heterocycles. The number of aliphatic hydroxyl groups excluding tert-OH is 3. The fourth-order valence-electron chi connectivity index (χ4n) is 8.88. The number of rotatable bonds is 5. The highest BCUT2D eigenvalue weighted by Gasteiger charge is 2.64. The molecule has 0 bridgehead atoms. The maximum Gasteiger partial charge on any atom is 0.0849 e. The normalized spacial score (nSPS) is 45.4. The molecule has 0 aromatic carbocycles. The first kappa shape index (κ1) is 26.4. The molecule has 4 aliphatic carbocycles. The van der Waals surface area contributed by atoms with Crippen LogP contribution in [0.2, 0.25) is 0 Å². The van der Waals surface area contributed by atoms with Crippen molar-refractivity contribution in [1.29, 1.82) is 0 Å². The van der Waals surface area contributed by atoms with E-state index in [1.807, 2.05) is 0 Å². The highest BCUT2D eigenvalue weighted by Crippen LogP contribution is 2.71. The first-order chi connectivity index (χ1) is 15.5. The van der Waals surface area contributed by atoms with Crippen molar-refractivity contribution in [1.82, 2.24) is 0 Å². The standard InChI is InChI=1S/C30H50O4/c1-18(9-12-23(31)27(4,5)34)19-13-15-29(7)20-10-11-22-26(2,3)24(32)17-25(33)30(22,8)21(20)14-16-28(19,29)6/h10,14,18-19,22-25,31-34H,9,11-13,15-17H2,1-8H3. The van der Waals surface area contributed by atoms with E-state index in [-0.39, 0.29) is 27.6 Å². The molecule has 0 saturated heterocycles. The summed E-state index contributed by atoms with van der Waals surface area (Å²) in [6, 6.07) is 0. The van der Waals surface area contributed by atoms with E-state index in [1.54, 1.807) is 13.8 Å². The molecule has 4 N–H and O–H groups in total. The Morgan fingerprint density at radius 1 is 1.00 bits per heavy atom. The van der Waals surface area contributed by atoms with Crippen molar-refractivity contribution in [2.24, 2.45) is 39.4 Å². The van der Waals surface area contributed by atoms with E-state index in [9.17, 15) is 20.4 Å². The van der Waals surface area contributed by atoms with Crippen LogP contribution in [0, 0.1) is 39.4 Å². The predicted molar refractivity (Wildman–Crippen MR) is 137 cm³/mol. The van der Waals surface area contributed by atoms with Crippen LogP contribution in [0.15, 0.2) is 23.3 Å². The zero-order valence-electron chi connectivity index (χ0n) is 22.9. The molecule has 2 saturated carbocycles. The molecular formula is C30H50O4. The summed E-state index contributed by atoms with van der Waals surface area (Å²) in [7, 11) is 0. The van der Waals surface area contributed by atoms with Gasteiger partial charge in [-0.3, -0.25) is 0 Å². The molecule has 34 heavy (non-hydrogen) atoms. The lowest BCUT2D eigenvalue weighted by Gasteiger charge is -2.62. The van der Waals surface area contributed by atoms with E-state index in [4.69, 9.17) is 0 Å². The SMILES string of the molecule is CC(CCC(O)C(C)(C)O)C1CCC2(C)C3=CCC4C(C)(C)C(O)CC(O)C4(C)C3=CCC12C. The lowest BCUT2D eigenvalue weighted by atomic mass is 9.43. The van der Waals surface area contributed by atoms with Gasteiger partial charge in [0, 0.05) is 11.8 Å². The summed E-state index contributed by atoms with van der Waals surface area (Å²) < 4.78 is 0. The number of hydrogen-bond acceptors (Lipinski definition) is 4. The molecule has 4 rings (SSSR count). The van der Waals surface area contributed by atoms with Crippen molar-refractivity contribution in [2.45, 2.75) is 124 Å². The quantitative estimate of drug-likeness (QED) is 0.431. The van der Waals surface area contributed by atoms with Crippen LogP contribution in [-0.2, 0) is 0 Å². The van der Waals surface area contributed by atoms with Gasteiger partial charge in [-0.2, -0.15) is 0 Å². The van der Waals surface area contributed by atoms with Crippen LogP contribution in [0.25, 0.3) is 0 Å². The van der Waals surface area contributed by atoms with E-state index in [2.05, 4.69) is 53.7 Å². The third-order valence-electron chi connectivity index (χ3n) is 11.8. The Morgan fingerprint density at radius 3 is 2.26 bits per heavy atom. The van der Waals surface area contributed by atoms with Crippen LogP contribution in [0.4, 0.5) is 0 Å². The molecule has 0 aromatic rings. The van der Waals surface area contributed by atoms with Crippen molar-refractivity contribution >= 4 is 0 Å². The van der Waals surface area contributed by atoms with Gasteiger partial charge in [0.1, 0.15) is 0 Å². The Labute approximate surface area is 207 Å². The van der Waals surface area contributed by atoms with Crippen molar-refractivity contribution in [3.8, 4) is 0 Å². The monoisotopic (exact) mass is 474 g/mol. The Kier molecular flexibility index (Phi) is 6.33. The van der Waals surface area contributed by atoms with Crippen LogP contribution >= 0.6 is 0 Å². The number of allylic oxidation sites excluding steroid dienone is 3. The number of fused-ring (bicyclic) bond motifs is 5. The topological polar surface area (TPSA) is 80.9 Å². The largest absolute Gasteiger partial charge is 0.392 e. The van der Waals surface area contributed by atoms with Crippen LogP contribution in [-0.4, -0.2) is 44.3 Å². The zero-order chi connectivity index (χ0) is 25.5. The Morgan fingerprint density at radius 2 is 1.65 bits per heavy atom. The van der Waals surface area contributed by atoms with Crippen molar-refractivity contribution in [3.05, 3.63) is 23.3 Å².